The topological polar surface area (TPSA) is 124 Å². The van der Waals surface area contributed by atoms with Gasteiger partial charge in [-0.2, -0.15) is 0 Å². The van der Waals surface area contributed by atoms with E-state index < -0.39 is 9.84 Å². The first kappa shape index (κ1) is 27.3. The molecule has 3 aromatic heterocycles. The fraction of sp³-hybridized carbons (Fsp3) is 0.333. The van der Waals surface area contributed by atoms with Gasteiger partial charge in [0, 0.05) is 17.1 Å². The lowest BCUT2D eigenvalue weighted by Crippen LogP contribution is -2.50. The van der Waals surface area contributed by atoms with Crippen LogP contribution in [0.1, 0.15) is 35.5 Å². The number of carbonyl (C=O) groups excluding carboxylic acids is 1. The van der Waals surface area contributed by atoms with Crippen LogP contribution in [0.2, 0.25) is 0 Å². The molecule has 5 heterocycles. The van der Waals surface area contributed by atoms with Gasteiger partial charge in [0.05, 0.1) is 78.3 Å². The summed E-state index contributed by atoms with van der Waals surface area (Å²) >= 11 is 0. The SMILES string of the molecule is C[C@@H]1COC[C@@H](C)N1c1cccc(-c2ccc3cnc(CNC(=O)c4ccc5c(c4)S(=O)(=O)CCOC5)cc3n2)n1. The van der Waals surface area contributed by atoms with Crippen molar-refractivity contribution in [3.63, 3.8) is 0 Å². The van der Waals surface area contributed by atoms with Crippen LogP contribution in [-0.2, 0) is 32.5 Å². The van der Waals surface area contributed by atoms with Gasteiger partial charge >= 0.3 is 0 Å². The Labute approximate surface area is 238 Å². The van der Waals surface area contributed by atoms with E-state index in [0.717, 1.165) is 28.1 Å². The average molecular weight is 574 g/mol. The van der Waals surface area contributed by atoms with E-state index in [0.29, 0.717) is 24.5 Å². The molecule has 41 heavy (non-hydrogen) atoms. The molecule has 10 nitrogen and oxygen atoms in total. The van der Waals surface area contributed by atoms with E-state index in [-0.39, 0.29) is 54.0 Å². The summed E-state index contributed by atoms with van der Waals surface area (Å²) in [5.41, 5.74) is 3.70. The van der Waals surface area contributed by atoms with Gasteiger partial charge in [-0.3, -0.25) is 9.78 Å². The first-order valence-corrected chi connectivity index (χ1v) is 15.2. The van der Waals surface area contributed by atoms with Crippen molar-refractivity contribution in [1.82, 2.24) is 20.3 Å². The zero-order valence-corrected chi connectivity index (χ0v) is 23.7. The Morgan fingerprint density at radius 3 is 2.63 bits per heavy atom. The van der Waals surface area contributed by atoms with Gasteiger partial charge in [-0.1, -0.05) is 12.1 Å². The molecule has 0 saturated carbocycles. The number of fused-ring (bicyclic) bond motifs is 2. The zero-order chi connectivity index (χ0) is 28.6. The van der Waals surface area contributed by atoms with Gasteiger partial charge in [-0.25, -0.2) is 18.4 Å². The molecule has 11 heteroatoms. The fourth-order valence-corrected chi connectivity index (χ4v) is 6.69. The van der Waals surface area contributed by atoms with Gasteiger partial charge < -0.3 is 19.7 Å². The molecular weight excluding hydrogens is 542 g/mol. The highest BCUT2D eigenvalue weighted by Gasteiger charge is 2.27. The lowest BCUT2D eigenvalue weighted by Gasteiger charge is -2.39. The highest BCUT2D eigenvalue weighted by molar-refractivity contribution is 7.91. The lowest BCUT2D eigenvalue weighted by atomic mass is 10.1. The van der Waals surface area contributed by atoms with E-state index in [4.69, 9.17) is 19.4 Å². The maximum atomic E-state index is 12.9. The normalized spacial score (nSPS) is 20.3. The zero-order valence-electron chi connectivity index (χ0n) is 22.9. The quantitative estimate of drug-likeness (QED) is 0.382. The number of amides is 1. The summed E-state index contributed by atoms with van der Waals surface area (Å²) in [6, 6.07) is 16.8. The first-order chi connectivity index (χ1) is 19.8. The monoisotopic (exact) mass is 573 g/mol. The summed E-state index contributed by atoms with van der Waals surface area (Å²) in [6.45, 7) is 6.10. The number of ether oxygens (including phenoxy) is 2. The van der Waals surface area contributed by atoms with Gasteiger partial charge in [-0.15, -0.1) is 0 Å². The predicted molar refractivity (Wildman–Crippen MR) is 154 cm³/mol. The number of sulfone groups is 1. The molecule has 0 aliphatic carbocycles. The van der Waals surface area contributed by atoms with Crippen LogP contribution >= 0.6 is 0 Å². The van der Waals surface area contributed by atoms with E-state index in [1.807, 2.05) is 36.4 Å². The van der Waals surface area contributed by atoms with Crippen LogP contribution in [0.3, 0.4) is 0 Å². The second kappa shape index (κ2) is 11.2. The van der Waals surface area contributed by atoms with E-state index in [9.17, 15) is 13.2 Å². The van der Waals surface area contributed by atoms with Crippen LogP contribution < -0.4 is 10.2 Å². The van der Waals surface area contributed by atoms with Crippen molar-refractivity contribution in [3.05, 3.63) is 77.6 Å². The second-order valence-electron chi connectivity index (χ2n) is 10.5. The molecule has 2 atom stereocenters. The Hall–Kier alpha value is -3.93. The predicted octanol–water partition coefficient (Wildman–Crippen LogP) is 3.54. The maximum Gasteiger partial charge on any atom is 0.251 e. The van der Waals surface area contributed by atoms with Crippen molar-refractivity contribution in [1.29, 1.82) is 0 Å². The first-order valence-electron chi connectivity index (χ1n) is 13.6. The fourth-order valence-electron chi connectivity index (χ4n) is 5.30. The molecule has 1 amide bonds. The number of morpholine rings is 1. The largest absolute Gasteiger partial charge is 0.377 e. The highest BCUT2D eigenvalue weighted by atomic mass is 32.2. The van der Waals surface area contributed by atoms with Crippen molar-refractivity contribution in [3.8, 4) is 11.4 Å². The molecule has 1 aromatic carbocycles. The summed E-state index contributed by atoms with van der Waals surface area (Å²) in [6.07, 6.45) is 1.73. The van der Waals surface area contributed by atoms with Crippen LogP contribution in [0.5, 0.6) is 0 Å². The molecular formula is C30H31N5O5S. The third-order valence-corrected chi connectivity index (χ3v) is 9.16. The minimum Gasteiger partial charge on any atom is -0.377 e. The van der Waals surface area contributed by atoms with E-state index >= 15 is 0 Å². The van der Waals surface area contributed by atoms with Gasteiger partial charge in [0.2, 0.25) is 0 Å². The molecule has 2 aliphatic heterocycles. The van der Waals surface area contributed by atoms with E-state index in [2.05, 4.69) is 29.0 Å². The maximum absolute atomic E-state index is 12.9. The van der Waals surface area contributed by atoms with Crippen molar-refractivity contribution < 1.29 is 22.7 Å². The summed E-state index contributed by atoms with van der Waals surface area (Å²) < 4.78 is 36.2. The molecule has 2 aliphatic rings. The second-order valence-corrected chi connectivity index (χ2v) is 12.5. The number of benzene rings is 1. The lowest BCUT2D eigenvalue weighted by molar-refractivity contribution is 0.0752. The van der Waals surface area contributed by atoms with Gasteiger partial charge in [0.15, 0.2) is 9.84 Å². The molecule has 0 radical (unpaired) electrons. The standard InChI is InChI=1S/C30H31N5O5S/c1-19-16-40-17-20(2)35(19)29-5-3-4-25(34-29)26-9-8-22-14-31-24(13-27(22)33-26)15-32-30(36)21-6-7-23-18-39-10-11-41(37,38)28(23)12-21/h3-9,12-14,19-20H,10-11,15-18H2,1-2H3,(H,32,36)/t19-,20-/m1/s1. The molecule has 1 saturated heterocycles. The summed E-state index contributed by atoms with van der Waals surface area (Å²) in [5, 5.41) is 3.71. The summed E-state index contributed by atoms with van der Waals surface area (Å²) in [4.78, 5) is 29.6. The van der Waals surface area contributed by atoms with E-state index in [1.54, 1.807) is 18.3 Å². The molecule has 0 unspecified atom stereocenters. The van der Waals surface area contributed by atoms with Gasteiger partial charge in [0.1, 0.15) is 5.82 Å². The molecule has 1 fully saturated rings. The number of carbonyl (C=O) groups is 1. The smallest absolute Gasteiger partial charge is 0.251 e. The van der Waals surface area contributed by atoms with E-state index in [1.165, 1.54) is 6.07 Å². The number of aromatic nitrogens is 3. The van der Waals surface area contributed by atoms with Crippen LogP contribution in [0.25, 0.3) is 22.3 Å². The molecule has 0 spiro atoms. The molecule has 212 valence electrons. The third-order valence-electron chi connectivity index (χ3n) is 7.41. The molecule has 4 aromatic rings. The summed E-state index contributed by atoms with van der Waals surface area (Å²) in [7, 11) is -3.51. The van der Waals surface area contributed by atoms with Crippen molar-refractivity contribution >= 4 is 32.5 Å². The van der Waals surface area contributed by atoms with Gasteiger partial charge in [-0.05, 0) is 61.9 Å². The number of anilines is 1. The third kappa shape index (κ3) is 5.65. The number of hydrogen-bond acceptors (Lipinski definition) is 9. The van der Waals surface area contributed by atoms with Crippen LogP contribution in [-0.4, -0.2) is 66.9 Å². The van der Waals surface area contributed by atoms with Crippen LogP contribution in [0, 0.1) is 0 Å². The molecule has 0 bridgehead atoms. The Bertz CT molecular complexity index is 1720. The summed E-state index contributed by atoms with van der Waals surface area (Å²) in [5.74, 6) is 0.403. The van der Waals surface area contributed by atoms with Crippen molar-refractivity contribution in [2.75, 3.05) is 30.5 Å². The Balaban J connectivity index is 1.21. The molecule has 6 rings (SSSR count). The Kier molecular flexibility index (Phi) is 7.41. The number of nitrogens with one attached hydrogen (secondary N) is 1. The van der Waals surface area contributed by atoms with Crippen LogP contribution in [0.4, 0.5) is 5.82 Å². The van der Waals surface area contributed by atoms with Crippen molar-refractivity contribution in [2.45, 2.75) is 44.0 Å². The Morgan fingerprint density at radius 1 is 1.00 bits per heavy atom. The minimum atomic E-state index is -3.51. The Morgan fingerprint density at radius 2 is 1.80 bits per heavy atom. The van der Waals surface area contributed by atoms with Crippen LogP contribution in [0.15, 0.2) is 65.7 Å². The highest BCUT2D eigenvalue weighted by Crippen LogP contribution is 2.26. The number of nitrogens with zero attached hydrogens (tertiary/aromatic N) is 4. The average Bonchev–Trinajstić information content (AvgIpc) is 3.12. The number of hydrogen-bond donors (Lipinski definition) is 1. The minimum absolute atomic E-state index is 0.105. The van der Waals surface area contributed by atoms with Gasteiger partial charge in [0.25, 0.3) is 5.91 Å². The molecule has 1 N–H and O–H groups in total. The number of rotatable bonds is 5. The van der Waals surface area contributed by atoms with Crippen molar-refractivity contribution in [2.24, 2.45) is 0 Å². The number of pyridine rings is 3.